The van der Waals surface area contributed by atoms with Crippen molar-refractivity contribution >= 4 is 17.4 Å². The number of fused-ring (bicyclic) bond motifs is 1. The van der Waals surface area contributed by atoms with Gasteiger partial charge in [-0.15, -0.1) is 0 Å². The van der Waals surface area contributed by atoms with Gasteiger partial charge in [0, 0.05) is 5.41 Å². The molecule has 0 atom stereocenters. The molecule has 56 valence electrons. The van der Waals surface area contributed by atoms with Gasteiger partial charge in [0.15, 0.2) is 5.88 Å². The molecule has 0 fully saturated rings. The quantitative estimate of drug-likeness (QED) is 0.571. The van der Waals surface area contributed by atoms with Crippen LogP contribution in [0.3, 0.4) is 0 Å². The van der Waals surface area contributed by atoms with Crippen LogP contribution in [-0.2, 0) is 0 Å². The Bertz CT molecular complexity index is 312. The van der Waals surface area contributed by atoms with E-state index in [1.54, 1.807) is 11.6 Å². The van der Waals surface area contributed by atoms with Crippen molar-refractivity contribution in [3.63, 3.8) is 0 Å². The zero-order valence-corrected chi connectivity index (χ0v) is 6.30. The fourth-order valence-electron chi connectivity index (χ4n) is 0.777. The van der Waals surface area contributed by atoms with Crippen LogP contribution < -0.4 is 5.32 Å². The Morgan fingerprint density at radius 1 is 1.55 bits per heavy atom. The number of nitrogens with one attached hydrogen (secondary N) is 1. The second-order valence-corrected chi connectivity index (χ2v) is 2.85. The number of hydrogen-bond acceptors (Lipinski definition) is 5. The third kappa shape index (κ3) is 1.14. The Morgan fingerprint density at radius 3 is 3.36 bits per heavy atom. The maximum absolute atomic E-state index is 9.03. The zero-order chi connectivity index (χ0) is 7.68. The number of anilines is 1. The van der Waals surface area contributed by atoms with Crippen LogP contribution in [0, 0.1) is 0 Å². The number of aromatic nitrogens is 2. The molecule has 2 rings (SSSR count). The molecule has 2 N–H and O–H groups in total. The molecule has 1 aromatic rings. The van der Waals surface area contributed by atoms with Gasteiger partial charge < -0.3 is 10.4 Å². The Kier molecular flexibility index (Phi) is 1.43. The molecule has 0 aliphatic carbocycles. The van der Waals surface area contributed by atoms with Crippen molar-refractivity contribution in [3.8, 4) is 0 Å². The monoisotopic (exact) mass is 167 g/mol. The van der Waals surface area contributed by atoms with E-state index in [1.807, 2.05) is 0 Å². The van der Waals surface area contributed by atoms with E-state index in [2.05, 4.69) is 15.3 Å². The van der Waals surface area contributed by atoms with E-state index in [-0.39, 0.29) is 5.88 Å². The number of aliphatic hydroxyl groups is 1. The third-order valence-electron chi connectivity index (χ3n) is 1.22. The van der Waals surface area contributed by atoms with Crippen LogP contribution in [0.1, 0.15) is 0 Å². The SMILES string of the molecule is OC1=CSc2ncncc2N1. The summed E-state index contributed by atoms with van der Waals surface area (Å²) in [7, 11) is 0. The number of aliphatic hydroxyl groups excluding tert-OH is 1. The molecule has 0 radical (unpaired) electrons. The van der Waals surface area contributed by atoms with Crippen LogP contribution in [0.2, 0.25) is 0 Å². The summed E-state index contributed by atoms with van der Waals surface area (Å²) in [6, 6.07) is 0. The van der Waals surface area contributed by atoms with Crippen LogP contribution >= 0.6 is 11.8 Å². The lowest BCUT2D eigenvalue weighted by Crippen LogP contribution is -2.04. The van der Waals surface area contributed by atoms with Crippen LogP contribution in [0.4, 0.5) is 5.69 Å². The highest BCUT2D eigenvalue weighted by molar-refractivity contribution is 8.02. The van der Waals surface area contributed by atoms with E-state index < -0.39 is 0 Å². The molecular weight excluding hydrogens is 162 g/mol. The molecule has 0 spiro atoms. The lowest BCUT2D eigenvalue weighted by molar-refractivity contribution is 0.420. The van der Waals surface area contributed by atoms with Gasteiger partial charge in [-0.05, 0) is 0 Å². The number of rotatable bonds is 0. The second kappa shape index (κ2) is 2.43. The van der Waals surface area contributed by atoms with Crippen molar-refractivity contribution in [1.29, 1.82) is 0 Å². The average molecular weight is 167 g/mol. The molecule has 0 unspecified atom stereocenters. The minimum Gasteiger partial charge on any atom is -0.494 e. The maximum Gasteiger partial charge on any atom is 0.195 e. The topological polar surface area (TPSA) is 58.0 Å². The average Bonchev–Trinajstić information content (AvgIpc) is 2.04. The minimum atomic E-state index is 0.136. The summed E-state index contributed by atoms with van der Waals surface area (Å²) in [6.45, 7) is 0. The van der Waals surface area contributed by atoms with Crippen LogP contribution in [0.15, 0.2) is 28.8 Å². The van der Waals surface area contributed by atoms with Crippen molar-refractivity contribution in [2.45, 2.75) is 5.03 Å². The summed E-state index contributed by atoms with van der Waals surface area (Å²) in [5.74, 6) is 0.136. The summed E-state index contributed by atoms with van der Waals surface area (Å²) >= 11 is 1.37. The standard InChI is InChI=1S/C6H5N3OS/c10-5-2-11-6-4(9-5)1-7-3-8-6/h1-3,9-10H. The van der Waals surface area contributed by atoms with Crippen LogP contribution in [-0.4, -0.2) is 15.1 Å². The van der Waals surface area contributed by atoms with Crippen molar-refractivity contribution in [2.75, 3.05) is 5.32 Å². The van der Waals surface area contributed by atoms with E-state index in [0.29, 0.717) is 0 Å². The highest BCUT2D eigenvalue weighted by atomic mass is 32.2. The highest BCUT2D eigenvalue weighted by Gasteiger charge is 2.09. The van der Waals surface area contributed by atoms with E-state index in [0.717, 1.165) is 10.7 Å². The lowest BCUT2D eigenvalue weighted by Gasteiger charge is -2.11. The third-order valence-corrected chi connectivity index (χ3v) is 2.11. The minimum absolute atomic E-state index is 0.136. The number of hydrogen-bond donors (Lipinski definition) is 2. The summed E-state index contributed by atoms with van der Waals surface area (Å²) in [6.07, 6.45) is 3.10. The Morgan fingerprint density at radius 2 is 2.45 bits per heavy atom. The second-order valence-electron chi connectivity index (χ2n) is 1.99. The largest absolute Gasteiger partial charge is 0.494 e. The normalized spacial score (nSPS) is 14.7. The molecule has 1 aliphatic rings. The summed E-state index contributed by atoms with van der Waals surface area (Å²) in [5.41, 5.74) is 0.748. The fourth-order valence-corrected chi connectivity index (χ4v) is 1.40. The number of nitrogens with zero attached hydrogens (tertiary/aromatic N) is 2. The van der Waals surface area contributed by atoms with Gasteiger partial charge in [0.25, 0.3) is 0 Å². The predicted octanol–water partition coefficient (Wildman–Crippen LogP) is 1.35. The maximum atomic E-state index is 9.03. The van der Waals surface area contributed by atoms with Gasteiger partial charge in [0.2, 0.25) is 0 Å². The summed E-state index contributed by atoms with van der Waals surface area (Å²) in [5, 5.41) is 14.2. The molecular formula is C6H5N3OS. The first-order chi connectivity index (χ1) is 5.36. The van der Waals surface area contributed by atoms with Gasteiger partial charge in [0.05, 0.1) is 11.9 Å². The predicted molar refractivity (Wildman–Crippen MR) is 42.2 cm³/mol. The van der Waals surface area contributed by atoms with Crippen molar-refractivity contribution in [3.05, 3.63) is 23.8 Å². The lowest BCUT2D eigenvalue weighted by atomic mass is 10.5. The van der Waals surface area contributed by atoms with Gasteiger partial charge in [0.1, 0.15) is 11.4 Å². The van der Waals surface area contributed by atoms with Crippen LogP contribution in [0.5, 0.6) is 0 Å². The van der Waals surface area contributed by atoms with Gasteiger partial charge in [-0.25, -0.2) is 9.97 Å². The molecule has 1 aromatic heterocycles. The zero-order valence-electron chi connectivity index (χ0n) is 5.48. The van der Waals surface area contributed by atoms with E-state index in [4.69, 9.17) is 5.11 Å². The Hall–Kier alpha value is -1.23. The molecule has 2 heterocycles. The molecule has 0 aromatic carbocycles. The molecule has 1 aliphatic heterocycles. The Balaban J connectivity index is 2.42. The van der Waals surface area contributed by atoms with Gasteiger partial charge in [-0.1, -0.05) is 11.8 Å². The Labute approximate surface area is 67.4 Å². The highest BCUT2D eigenvalue weighted by Crippen LogP contribution is 2.29. The van der Waals surface area contributed by atoms with Crippen molar-refractivity contribution in [2.24, 2.45) is 0 Å². The van der Waals surface area contributed by atoms with Crippen molar-refractivity contribution < 1.29 is 5.11 Å². The molecule has 4 nitrogen and oxygen atoms in total. The van der Waals surface area contributed by atoms with E-state index >= 15 is 0 Å². The molecule has 5 heteroatoms. The molecule has 11 heavy (non-hydrogen) atoms. The van der Waals surface area contributed by atoms with E-state index in [1.165, 1.54) is 18.1 Å². The number of thioether (sulfide) groups is 1. The van der Waals surface area contributed by atoms with Gasteiger partial charge in [-0.2, -0.15) is 0 Å². The van der Waals surface area contributed by atoms with Gasteiger partial charge in [-0.3, -0.25) is 0 Å². The summed E-state index contributed by atoms with van der Waals surface area (Å²) < 4.78 is 0. The first kappa shape index (κ1) is 6.48. The fraction of sp³-hybridized carbons (Fsp3) is 0. The summed E-state index contributed by atoms with van der Waals surface area (Å²) in [4.78, 5) is 7.79. The van der Waals surface area contributed by atoms with Crippen LogP contribution in [0.25, 0.3) is 0 Å². The first-order valence-corrected chi connectivity index (χ1v) is 3.87. The molecule has 0 bridgehead atoms. The first-order valence-electron chi connectivity index (χ1n) is 2.99. The van der Waals surface area contributed by atoms with E-state index in [9.17, 15) is 0 Å². The van der Waals surface area contributed by atoms with Crippen molar-refractivity contribution in [1.82, 2.24) is 9.97 Å². The molecule has 0 amide bonds. The van der Waals surface area contributed by atoms with Gasteiger partial charge >= 0.3 is 0 Å². The molecule has 0 saturated carbocycles. The molecule has 0 saturated heterocycles. The smallest absolute Gasteiger partial charge is 0.195 e.